The first kappa shape index (κ1) is 15.3. The Kier molecular flexibility index (Phi) is 3.65. The number of carbonyl (C=O) groups is 1. The van der Waals surface area contributed by atoms with Crippen LogP contribution in [0.5, 0.6) is 0 Å². The summed E-state index contributed by atoms with van der Waals surface area (Å²) >= 11 is 0. The molecule has 3 N–H and O–H groups in total. The third-order valence-corrected chi connectivity index (χ3v) is 3.92. The average Bonchev–Trinajstić information content (AvgIpc) is 3.07. The van der Waals surface area contributed by atoms with Crippen molar-refractivity contribution in [2.24, 2.45) is 0 Å². The molecule has 0 spiro atoms. The molecule has 0 saturated carbocycles. The molecule has 0 radical (unpaired) electrons. The first-order valence-corrected chi connectivity index (χ1v) is 7.65. The standard InChI is InChI=1S/C15H15N7O3/c16-15-17-5-9(6-18-15)10-7-22-8-11(14(23)24)20-13(22)12(19-10)21-1-3-25-4-2-21/h5-8H,1-4H2,(H,23,24)(H2,16,17,18). The van der Waals surface area contributed by atoms with E-state index in [1.807, 2.05) is 4.90 Å². The second-order valence-corrected chi connectivity index (χ2v) is 5.54. The van der Waals surface area contributed by atoms with Crippen LogP contribution in [0.4, 0.5) is 11.8 Å². The van der Waals surface area contributed by atoms with Crippen LogP contribution in [0.3, 0.4) is 0 Å². The molecule has 0 atom stereocenters. The Bertz CT molecular complexity index is 932. The van der Waals surface area contributed by atoms with Crippen molar-refractivity contribution < 1.29 is 14.6 Å². The van der Waals surface area contributed by atoms with Crippen LogP contribution in [0.25, 0.3) is 16.9 Å². The minimum Gasteiger partial charge on any atom is -0.476 e. The monoisotopic (exact) mass is 341 g/mol. The zero-order chi connectivity index (χ0) is 17.4. The highest BCUT2D eigenvalue weighted by Crippen LogP contribution is 2.25. The lowest BCUT2D eigenvalue weighted by Crippen LogP contribution is -2.37. The van der Waals surface area contributed by atoms with E-state index < -0.39 is 5.97 Å². The Morgan fingerprint density at radius 2 is 1.88 bits per heavy atom. The summed E-state index contributed by atoms with van der Waals surface area (Å²) < 4.78 is 7.04. The molecule has 25 heavy (non-hydrogen) atoms. The number of carboxylic acids is 1. The van der Waals surface area contributed by atoms with E-state index in [9.17, 15) is 9.90 Å². The van der Waals surface area contributed by atoms with Gasteiger partial charge in [0.05, 0.1) is 18.9 Å². The van der Waals surface area contributed by atoms with Crippen molar-refractivity contribution in [2.45, 2.75) is 0 Å². The first-order chi connectivity index (χ1) is 12.1. The van der Waals surface area contributed by atoms with Gasteiger partial charge >= 0.3 is 5.97 Å². The fraction of sp³-hybridized carbons (Fsp3) is 0.267. The number of carboxylic acid groups (broad SMARTS) is 1. The number of nitrogen functional groups attached to an aromatic ring is 1. The molecule has 1 fully saturated rings. The average molecular weight is 341 g/mol. The molecule has 1 saturated heterocycles. The molecule has 0 bridgehead atoms. The number of aromatic carboxylic acids is 1. The van der Waals surface area contributed by atoms with Gasteiger partial charge < -0.3 is 24.9 Å². The van der Waals surface area contributed by atoms with E-state index >= 15 is 0 Å². The minimum atomic E-state index is -1.09. The molecule has 1 aliphatic heterocycles. The first-order valence-electron chi connectivity index (χ1n) is 7.65. The van der Waals surface area contributed by atoms with Gasteiger partial charge in [-0.15, -0.1) is 0 Å². The van der Waals surface area contributed by atoms with Gasteiger partial charge in [0.1, 0.15) is 0 Å². The van der Waals surface area contributed by atoms with Crippen molar-refractivity contribution in [3.05, 3.63) is 30.5 Å². The number of fused-ring (bicyclic) bond motifs is 1. The van der Waals surface area contributed by atoms with Crippen molar-refractivity contribution in [1.29, 1.82) is 0 Å². The number of nitrogens with zero attached hydrogens (tertiary/aromatic N) is 6. The molecule has 0 aliphatic carbocycles. The van der Waals surface area contributed by atoms with E-state index in [2.05, 4.69) is 19.9 Å². The van der Waals surface area contributed by atoms with Crippen LogP contribution < -0.4 is 10.6 Å². The number of ether oxygens (including phenoxy) is 1. The predicted octanol–water partition coefficient (Wildman–Crippen LogP) is 0.303. The molecule has 10 heteroatoms. The largest absolute Gasteiger partial charge is 0.476 e. The van der Waals surface area contributed by atoms with Crippen molar-refractivity contribution >= 4 is 23.4 Å². The molecule has 4 heterocycles. The normalized spacial score (nSPS) is 14.8. The minimum absolute atomic E-state index is 0.0398. The van der Waals surface area contributed by atoms with Crippen molar-refractivity contribution in [1.82, 2.24) is 24.3 Å². The molecule has 0 unspecified atom stereocenters. The number of rotatable bonds is 3. The zero-order valence-electron chi connectivity index (χ0n) is 13.2. The maximum atomic E-state index is 11.3. The maximum Gasteiger partial charge on any atom is 0.356 e. The molecule has 4 rings (SSSR count). The highest BCUT2D eigenvalue weighted by molar-refractivity contribution is 5.87. The Morgan fingerprint density at radius 3 is 2.56 bits per heavy atom. The summed E-state index contributed by atoms with van der Waals surface area (Å²) in [5.41, 5.74) is 7.26. The van der Waals surface area contributed by atoms with Gasteiger partial charge in [-0.2, -0.15) is 0 Å². The zero-order valence-corrected chi connectivity index (χ0v) is 13.2. The van der Waals surface area contributed by atoms with E-state index in [1.165, 1.54) is 6.20 Å². The van der Waals surface area contributed by atoms with Gasteiger partial charge in [0.2, 0.25) is 5.95 Å². The summed E-state index contributed by atoms with van der Waals surface area (Å²) in [6, 6.07) is 0. The Labute approximate surface area is 141 Å². The van der Waals surface area contributed by atoms with Gasteiger partial charge in [0, 0.05) is 43.4 Å². The lowest BCUT2D eigenvalue weighted by Gasteiger charge is -2.28. The summed E-state index contributed by atoms with van der Waals surface area (Å²) in [5, 5.41) is 9.24. The quantitative estimate of drug-likeness (QED) is 0.690. The summed E-state index contributed by atoms with van der Waals surface area (Å²) in [4.78, 5) is 30.2. The van der Waals surface area contributed by atoms with Crippen molar-refractivity contribution in [3.63, 3.8) is 0 Å². The summed E-state index contributed by atoms with van der Waals surface area (Å²) in [7, 11) is 0. The van der Waals surface area contributed by atoms with Gasteiger partial charge in [-0.25, -0.2) is 24.7 Å². The predicted molar refractivity (Wildman–Crippen MR) is 88.4 cm³/mol. The molecule has 128 valence electrons. The third kappa shape index (κ3) is 2.83. The number of hydrogen-bond acceptors (Lipinski definition) is 8. The number of morpholine rings is 1. The summed E-state index contributed by atoms with van der Waals surface area (Å²) in [6.07, 6.45) is 6.32. The topological polar surface area (TPSA) is 132 Å². The van der Waals surface area contributed by atoms with Crippen LogP contribution in [-0.2, 0) is 4.74 Å². The lowest BCUT2D eigenvalue weighted by molar-refractivity contribution is 0.0691. The van der Waals surface area contributed by atoms with Crippen LogP contribution in [0.1, 0.15) is 10.5 Å². The summed E-state index contributed by atoms with van der Waals surface area (Å²) in [5.74, 6) is -0.312. The SMILES string of the molecule is Nc1ncc(-c2cn3cc(C(=O)O)nc3c(N3CCOCC3)n2)cn1. The van der Waals surface area contributed by atoms with E-state index in [1.54, 1.807) is 23.0 Å². The van der Waals surface area contributed by atoms with E-state index in [4.69, 9.17) is 10.5 Å². The molecular weight excluding hydrogens is 326 g/mol. The number of nitrogens with two attached hydrogens (primary N) is 1. The highest BCUT2D eigenvalue weighted by Gasteiger charge is 2.21. The second kappa shape index (κ2) is 5.98. The summed E-state index contributed by atoms with van der Waals surface area (Å²) in [6.45, 7) is 2.46. The molecule has 3 aromatic rings. The van der Waals surface area contributed by atoms with Crippen LogP contribution in [0.15, 0.2) is 24.8 Å². The van der Waals surface area contributed by atoms with Gasteiger partial charge in [-0.1, -0.05) is 0 Å². The smallest absolute Gasteiger partial charge is 0.356 e. The molecule has 0 aromatic carbocycles. The Balaban J connectivity index is 1.89. The van der Waals surface area contributed by atoms with E-state index in [0.717, 1.165) is 0 Å². The van der Waals surface area contributed by atoms with E-state index in [-0.39, 0.29) is 11.6 Å². The number of aromatic nitrogens is 5. The van der Waals surface area contributed by atoms with Crippen LogP contribution in [-0.4, -0.2) is 61.7 Å². The molecule has 3 aromatic heterocycles. The molecule has 1 aliphatic rings. The molecular formula is C15H15N7O3. The lowest BCUT2D eigenvalue weighted by atomic mass is 10.2. The molecule has 0 amide bonds. The van der Waals surface area contributed by atoms with Crippen LogP contribution >= 0.6 is 0 Å². The number of anilines is 2. The second-order valence-electron chi connectivity index (χ2n) is 5.54. The Hall–Kier alpha value is -3.27. The van der Waals surface area contributed by atoms with Crippen molar-refractivity contribution in [2.75, 3.05) is 36.9 Å². The van der Waals surface area contributed by atoms with E-state index in [0.29, 0.717) is 49.0 Å². The Morgan fingerprint density at radius 1 is 1.16 bits per heavy atom. The van der Waals surface area contributed by atoms with Crippen LogP contribution in [0.2, 0.25) is 0 Å². The van der Waals surface area contributed by atoms with Gasteiger partial charge in [-0.3, -0.25) is 0 Å². The maximum absolute atomic E-state index is 11.3. The highest BCUT2D eigenvalue weighted by atomic mass is 16.5. The van der Waals surface area contributed by atoms with Crippen molar-refractivity contribution in [3.8, 4) is 11.3 Å². The third-order valence-electron chi connectivity index (χ3n) is 3.92. The van der Waals surface area contributed by atoms with Gasteiger partial charge in [-0.05, 0) is 0 Å². The number of imidazole rings is 1. The number of hydrogen-bond donors (Lipinski definition) is 2. The fourth-order valence-corrected chi connectivity index (χ4v) is 2.68. The van der Waals surface area contributed by atoms with Gasteiger partial charge in [0.15, 0.2) is 17.2 Å². The fourth-order valence-electron chi connectivity index (χ4n) is 2.68. The molecule has 10 nitrogen and oxygen atoms in total. The van der Waals surface area contributed by atoms with Crippen LogP contribution in [0, 0.1) is 0 Å². The van der Waals surface area contributed by atoms with Gasteiger partial charge in [0.25, 0.3) is 0 Å².